The van der Waals surface area contributed by atoms with Crippen molar-refractivity contribution in [3.05, 3.63) is 29.0 Å². The van der Waals surface area contributed by atoms with Crippen molar-refractivity contribution >= 4 is 17.2 Å². The number of nitrogens with one attached hydrogen (secondary N) is 1. The second-order valence-corrected chi connectivity index (χ2v) is 6.53. The minimum absolute atomic E-state index is 0.133. The predicted molar refractivity (Wildman–Crippen MR) is 80.6 cm³/mol. The fourth-order valence-electron chi connectivity index (χ4n) is 2.64. The SMILES string of the molecule is O=C(c1sc(-c2ccco2)nc1C1CC1)N1CCNCC1. The number of aromatic nitrogens is 1. The maximum absolute atomic E-state index is 12.8. The first-order valence-corrected chi connectivity index (χ1v) is 8.19. The Hall–Kier alpha value is -1.66. The summed E-state index contributed by atoms with van der Waals surface area (Å²) >= 11 is 1.47. The van der Waals surface area contributed by atoms with Gasteiger partial charge in [0.2, 0.25) is 0 Å². The van der Waals surface area contributed by atoms with E-state index in [0.29, 0.717) is 5.92 Å². The highest BCUT2D eigenvalue weighted by molar-refractivity contribution is 7.17. The van der Waals surface area contributed by atoms with Gasteiger partial charge in [0.05, 0.1) is 12.0 Å². The van der Waals surface area contributed by atoms with Crippen molar-refractivity contribution in [1.29, 1.82) is 0 Å². The molecular formula is C15H17N3O2S. The summed E-state index contributed by atoms with van der Waals surface area (Å²) in [6.07, 6.45) is 3.93. The summed E-state index contributed by atoms with van der Waals surface area (Å²) in [4.78, 5) is 20.2. The monoisotopic (exact) mass is 303 g/mol. The largest absolute Gasteiger partial charge is 0.462 e. The third-order valence-corrected chi connectivity index (χ3v) is 5.02. The van der Waals surface area contributed by atoms with E-state index < -0.39 is 0 Å². The molecule has 2 aromatic rings. The fraction of sp³-hybridized carbons (Fsp3) is 0.467. The van der Waals surface area contributed by atoms with E-state index in [-0.39, 0.29) is 5.91 Å². The average molecular weight is 303 g/mol. The van der Waals surface area contributed by atoms with E-state index in [0.717, 1.165) is 60.4 Å². The Labute approximate surface area is 127 Å². The molecule has 0 spiro atoms. The van der Waals surface area contributed by atoms with Gasteiger partial charge in [0, 0.05) is 32.1 Å². The van der Waals surface area contributed by atoms with Gasteiger partial charge in [-0.1, -0.05) is 0 Å². The minimum atomic E-state index is 0.133. The van der Waals surface area contributed by atoms with Crippen LogP contribution in [0.5, 0.6) is 0 Å². The zero-order valence-corrected chi connectivity index (χ0v) is 12.5. The number of nitrogens with zero attached hydrogens (tertiary/aromatic N) is 2. The number of carbonyl (C=O) groups excluding carboxylic acids is 1. The summed E-state index contributed by atoms with van der Waals surface area (Å²) < 4.78 is 5.43. The summed E-state index contributed by atoms with van der Waals surface area (Å²) in [6, 6.07) is 3.75. The van der Waals surface area contributed by atoms with Crippen LogP contribution in [0.2, 0.25) is 0 Å². The Kier molecular flexibility index (Phi) is 3.27. The summed E-state index contributed by atoms with van der Waals surface area (Å²) in [6.45, 7) is 3.29. The molecule has 6 heteroatoms. The van der Waals surface area contributed by atoms with Gasteiger partial charge in [-0.2, -0.15) is 0 Å². The summed E-state index contributed by atoms with van der Waals surface area (Å²) in [5.74, 6) is 1.35. The second-order valence-electron chi connectivity index (χ2n) is 5.53. The Morgan fingerprint density at radius 3 is 2.86 bits per heavy atom. The van der Waals surface area contributed by atoms with Gasteiger partial charge in [0.15, 0.2) is 10.8 Å². The molecule has 1 amide bonds. The topological polar surface area (TPSA) is 58.4 Å². The number of rotatable bonds is 3. The smallest absolute Gasteiger partial charge is 0.265 e. The Balaban J connectivity index is 1.68. The van der Waals surface area contributed by atoms with Crippen molar-refractivity contribution in [2.24, 2.45) is 0 Å². The number of furan rings is 1. The predicted octanol–water partition coefficient (Wildman–Crippen LogP) is 2.33. The van der Waals surface area contributed by atoms with Gasteiger partial charge in [-0.05, 0) is 25.0 Å². The first-order chi connectivity index (χ1) is 10.3. The number of amides is 1. The molecule has 0 aromatic carbocycles. The van der Waals surface area contributed by atoms with Gasteiger partial charge in [-0.3, -0.25) is 4.79 Å². The van der Waals surface area contributed by atoms with Crippen molar-refractivity contribution in [2.45, 2.75) is 18.8 Å². The van der Waals surface area contributed by atoms with Gasteiger partial charge < -0.3 is 14.6 Å². The van der Waals surface area contributed by atoms with Crippen molar-refractivity contribution < 1.29 is 9.21 Å². The number of piperazine rings is 1. The van der Waals surface area contributed by atoms with Gasteiger partial charge >= 0.3 is 0 Å². The zero-order chi connectivity index (χ0) is 14.2. The fourth-order valence-corrected chi connectivity index (χ4v) is 3.72. The molecule has 1 saturated heterocycles. The van der Waals surface area contributed by atoms with Crippen molar-refractivity contribution in [3.63, 3.8) is 0 Å². The lowest BCUT2D eigenvalue weighted by Crippen LogP contribution is -2.46. The number of hydrogen-bond donors (Lipinski definition) is 1. The molecule has 5 nitrogen and oxygen atoms in total. The second kappa shape index (κ2) is 5.27. The van der Waals surface area contributed by atoms with Crippen LogP contribution < -0.4 is 5.32 Å². The van der Waals surface area contributed by atoms with Crippen LogP contribution in [0.4, 0.5) is 0 Å². The first-order valence-electron chi connectivity index (χ1n) is 7.37. The van der Waals surface area contributed by atoms with Crippen LogP contribution in [0, 0.1) is 0 Å². The third kappa shape index (κ3) is 2.49. The molecule has 4 rings (SSSR count). The molecule has 110 valence electrons. The molecule has 0 atom stereocenters. The lowest BCUT2D eigenvalue weighted by Gasteiger charge is -2.27. The lowest BCUT2D eigenvalue weighted by molar-refractivity contribution is 0.0739. The van der Waals surface area contributed by atoms with Gasteiger partial charge in [0.1, 0.15) is 4.88 Å². The number of thiazole rings is 1. The minimum Gasteiger partial charge on any atom is -0.462 e. The molecule has 21 heavy (non-hydrogen) atoms. The Bertz CT molecular complexity index is 640. The van der Waals surface area contributed by atoms with E-state index in [9.17, 15) is 4.79 Å². The normalized spacial score (nSPS) is 19.0. The third-order valence-electron chi connectivity index (χ3n) is 3.95. The van der Waals surface area contributed by atoms with E-state index in [2.05, 4.69) is 5.32 Å². The molecule has 2 aliphatic rings. The lowest BCUT2D eigenvalue weighted by atomic mass is 10.2. The highest BCUT2D eigenvalue weighted by Crippen LogP contribution is 2.44. The summed E-state index contributed by atoms with van der Waals surface area (Å²) in [5.41, 5.74) is 0.981. The number of carbonyl (C=O) groups is 1. The molecule has 0 radical (unpaired) electrons. The Morgan fingerprint density at radius 2 is 2.19 bits per heavy atom. The molecule has 2 aromatic heterocycles. The van der Waals surface area contributed by atoms with Gasteiger partial charge in [0.25, 0.3) is 5.91 Å². The maximum atomic E-state index is 12.8. The molecule has 2 fully saturated rings. The van der Waals surface area contributed by atoms with Crippen LogP contribution in [0.25, 0.3) is 10.8 Å². The van der Waals surface area contributed by atoms with Crippen molar-refractivity contribution in [1.82, 2.24) is 15.2 Å². The van der Waals surface area contributed by atoms with Crippen LogP contribution in [0.15, 0.2) is 22.8 Å². The van der Waals surface area contributed by atoms with Crippen molar-refractivity contribution in [3.8, 4) is 10.8 Å². The van der Waals surface area contributed by atoms with Crippen LogP contribution in [-0.4, -0.2) is 42.0 Å². The van der Waals surface area contributed by atoms with Gasteiger partial charge in [-0.15, -0.1) is 11.3 Å². The van der Waals surface area contributed by atoms with E-state index in [1.807, 2.05) is 17.0 Å². The summed E-state index contributed by atoms with van der Waals surface area (Å²) in [5, 5.41) is 4.10. The van der Waals surface area contributed by atoms with E-state index >= 15 is 0 Å². The van der Waals surface area contributed by atoms with E-state index in [4.69, 9.17) is 9.40 Å². The van der Waals surface area contributed by atoms with Crippen molar-refractivity contribution in [2.75, 3.05) is 26.2 Å². The maximum Gasteiger partial charge on any atom is 0.265 e. The average Bonchev–Trinajstić information content (AvgIpc) is 3.05. The first kappa shape index (κ1) is 13.0. The quantitative estimate of drug-likeness (QED) is 0.945. The van der Waals surface area contributed by atoms with Crippen LogP contribution >= 0.6 is 11.3 Å². The molecule has 1 aliphatic heterocycles. The molecule has 3 heterocycles. The highest BCUT2D eigenvalue weighted by Gasteiger charge is 2.34. The van der Waals surface area contributed by atoms with Crippen LogP contribution in [0.1, 0.15) is 34.1 Å². The standard InChI is InChI=1S/C15H17N3O2S/c19-15(18-7-5-16-6-8-18)13-12(10-3-4-10)17-14(21-13)11-2-1-9-20-11/h1-2,9-10,16H,3-8H2. The summed E-state index contributed by atoms with van der Waals surface area (Å²) in [7, 11) is 0. The molecule has 0 unspecified atom stereocenters. The van der Waals surface area contributed by atoms with Crippen LogP contribution in [0.3, 0.4) is 0 Å². The zero-order valence-electron chi connectivity index (χ0n) is 11.7. The van der Waals surface area contributed by atoms with E-state index in [1.54, 1.807) is 6.26 Å². The van der Waals surface area contributed by atoms with Crippen LogP contribution in [-0.2, 0) is 0 Å². The van der Waals surface area contributed by atoms with E-state index in [1.165, 1.54) is 11.3 Å². The number of hydrogen-bond acceptors (Lipinski definition) is 5. The molecule has 1 N–H and O–H groups in total. The molecule has 1 saturated carbocycles. The highest BCUT2D eigenvalue weighted by atomic mass is 32.1. The molecular weight excluding hydrogens is 286 g/mol. The van der Waals surface area contributed by atoms with Gasteiger partial charge in [-0.25, -0.2) is 4.98 Å². The Morgan fingerprint density at radius 1 is 1.38 bits per heavy atom. The molecule has 1 aliphatic carbocycles. The molecule has 0 bridgehead atoms.